The molecule has 0 amide bonds. The predicted molar refractivity (Wildman–Crippen MR) is 469 cm³/mol. The minimum absolute atomic E-state index is 0.108. The van der Waals surface area contributed by atoms with Gasteiger partial charge in [-0.05, 0) is 43.4 Å². The number of carbonyl (C=O) groups excluding carboxylic acids is 4. The van der Waals surface area contributed by atoms with Gasteiger partial charge >= 0.3 is 39.5 Å². The van der Waals surface area contributed by atoms with Gasteiger partial charge in [-0.25, -0.2) is 9.13 Å². The highest BCUT2D eigenvalue weighted by Crippen LogP contribution is 2.45. The quantitative estimate of drug-likeness (QED) is 0.0222. The van der Waals surface area contributed by atoms with E-state index in [9.17, 15) is 43.2 Å². The fourth-order valence-electron chi connectivity index (χ4n) is 14.8. The van der Waals surface area contributed by atoms with Gasteiger partial charge in [0.25, 0.3) is 0 Å². The van der Waals surface area contributed by atoms with Crippen molar-refractivity contribution in [3.8, 4) is 0 Å². The molecule has 3 N–H and O–H groups in total. The second-order valence-electron chi connectivity index (χ2n) is 35.0. The van der Waals surface area contributed by atoms with E-state index in [0.717, 1.165) is 108 Å². The SMILES string of the molecule is CCCCCCCCCCCCCCCCCCCCCCCC(=O)OC[C@H](COP(=O)(O)OC[C@@H](O)COP(=O)(O)OC[C@@H](COC(=O)CCCCCCCCCCCC(C)C)OC(=O)CCCCCCCCCCCCCCCCCC(C)C)OC(=O)CCCCCCCCCCCCCCCCCCCCC(C)CC. The third kappa shape index (κ3) is 86.3. The molecular formula is C94H184O17P2. The lowest BCUT2D eigenvalue weighted by atomic mass is 9.99. The van der Waals surface area contributed by atoms with E-state index in [4.69, 9.17) is 37.0 Å². The largest absolute Gasteiger partial charge is 0.472 e. The summed E-state index contributed by atoms with van der Waals surface area (Å²) in [5, 5.41) is 10.7. The van der Waals surface area contributed by atoms with E-state index in [0.29, 0.717) is 25.7 Å². The Labute approximate surface area is 696 Å². The Hall–Kier alpha value is -1.94. The minimum Gasteiger partial charge on any atom is -0.462 e. The van der Waals surface area contributed by atoms with E-state index < -0.39 is 97.5 Å². The molecular weight excluding hydrogens is 1460 g/mol. The smallest absolute Gasteiger partial charge is 0.462 e. The highest BCUT2D eigenvalue weighted by Gasteiger charge is 2.31. The summed E-state index contributed by atoms with van der Waals surface area (Å²) in [6.45, 7) is 12.1. The molecule has 0 aromatic rings. The molecule has 672 valence electrons. The molecule has 0 rings (SSSR count). The number of rotatable bonds is 92. The van der Waals surface area contributed by atoms with Gasteiger partial charge < -0.3 is 33.8 Å². The topological polar surface area (TPSA) is 237 Å². The third-order valence-electron chi connectivity index (χ3n) is 22.5. The van der Waals surface area contributed by atoms with Crippen molar-refractivity contribution in [3.63, 3.8) is 0 Å². The number of ether oxygens (including phenoxy) is 4. The summed E-state index contributed by atoms with van der Waals surface area (Å²) >= 11 is 0. The number of hydrogen-bond acceptors (Lipinski definition) is 15. The van der Waals surface area contributed by atoms with Crippen LogP contribution in [-0.2, 0) is 65.4 Å². The Morgan fingerprint density at radius 2 is 0.451 bits per heavy atom. The summed E-state index contributed by atoms with van der Waals surface area (Å²) in [6, 6.07) is 0. The van der Waals surface area contributed by atoms with Gasteiger partial charge in [0.15, 0.2) is 12.2 Å². The molecule has 17 nitrogen and oxygen atoms in total. The van der Waals surface area contributed by atoms with Crippen molar-refractivity contribution in [1.29, 1.82) is 0 Å². The summed E-state index contributed by atoms with van der Waals surface area (Å²) in [5.74, 6) is 0.322. The monoisotopic (exact) mass is 1650 g/mol. The maximum Gasteiger partial charge on any atom is 0.472 e. The zero-order valence-corrected chi connectivity index (χ0v) is 76.7. The van der Waals surface area contributed by atoms with Crippen LogP contribution in [0, 0.1) is 17.8 Å². The molecule has 0 aromatic carbocycles. The molecule has 3 unspecified atom stereocenters. The Kier molecular flexibility index (Phi) is 82.3. The van der Waals surface area contributed by atoms with Crippen LogP contribution in [0.4, 0.5) is 0 Å². The van der Waals surface area contributed by atoms with Crippen LogP contribution in [-0.4, -0.2) is 96.7 Å². The van der Waals surface area contributed by atoms with Crippen LogP contribution in [0.1, 0.15) is 504 Å². The van der Waals surface area contributed by atoms with Crippen LogP contribution in [0.5, 0.6) is 0 Å². The van der Waals surface area contributed by atoms with Crippen molar-refractivity contribution in [2.24, 2.45) is 17.8 Å². The number of hydrogen-bond donors (Lipinski definition) is 3. The molecule has 0 bridgehead atoms. The Morgan fingerprint density at radius 1 is 0.257 bits per heavy atom. The summed E-state index contributed by atoms with van der Waals surface area (Å²) in [5.41, 5.74) is 0. The molecule has 0 aliphatic heterocycles. The fourth-order valence-corrected chi connectivity index (χ4v) is 16.3. The van der Waals surface area contributed by atoms with E-state index in [1.54, 1.807) is 0 Å². The number of aliphatic hydroxyl groups excluding tert-OH is 1. The standard InChI is InChI=1S/C94H184O17P2/c1-8-10-11-12-13-14-15-16-17-18-19-20-21-25-30-35-40-47-54-61-68-75-91(96)104-81-89(110-93(98)77-70-63-56-48-41-36-31-26-23-22-24-29-34-39-46-53-60-67-74-87(7)9-2)83-108-112(100,101)106-79-88(95)80-107-113(102,103)109-84-90(82-105-92(97)76-69-62-55-50-43-45-52-59-66-73-86(5)6)111-94(99)78-71-64-57-49-42-37-32-27-28-33-38-44-51-58-65-72-85(3)4/h85-90,95H,8-84H2,1-7H3,(H,100,101)(H,102,103)/t87?,88-,89-,90-/m1/s1. The summed E-state index contributed by atoms with van der Waals surface area (Å²) in [7, 11) is -9.94. The normalized spacial score (nSPS) is 14.0. The first-order valence-corrected chi connectivity index (χ1v) is 51.4. The molecule has 0 aromatic heterocycles. The number of esters is 4. The molecule has 6 atom stereocenters. The number of aliphatic hydroxyl groups is 1. The molecule has 0 saturated heterocycles. The Morgan fingerprint density at radius 3 is 0.673 bits per heavy atom. The van der Waals surface area contributed by atoms with Crippen molar-refractivity contribution < 1.29 is 80.2 Å². The summed E-state index contributed by atoms with van der Waals surface area (Å²) in [4.78, 5) is 73.5. The zero-order chi connectivity index (χ0) is 82.9. The first-order chi connectivity index (χ1) is 54.8. The van der Waals surface area contributed by atoms with E-state index >= 15 is 0 Å². The number of unbranched alkanes of at least 4 members (excludes halogenated alkanes) is 59. The van der Waals surface area contributed by atoms with Gasteiger partial charge in [0.2, 0.25) is 0 Å². The van der Waals surface area contributed by atoms with Crippen LogP contribution >= 0.6 is 15.6 Å². The third-order valence-corrected chi connectivity index (χ3v) is 24.4. The molecule has 0 saturated carbocycles. The zero-order valence-electron chi connectivity index (χ0n) is 74.9. The lowest BCUT2D eigenvalue weighted by Gasteiger charge is -2.21. The predicted octanol–water partition coefficient (Wildman–Crippen LogP) is 29.2. The van der Waals surface area contributed by atoms with Gasteiger partial charge in [-0.1, -0.05) is 453 Å². The molecule has 0 radical (unpaired) electrons. The van der Waals surface area contributed by atoms with Gasteiger partial charge in [-0.3, -0.25) is 37.3 Å². The lowest BCUT2D eigenvalue weighted by molar-refractivity contribution is -0.161. The summed E-state index contributed by atoms with van der Waals surface area (Å²) in [6.07, 6.45) is 77.9. The van der Waals surface area contributed by atoms with Crippen LogP contribution in [0.2, 0.25) is 0 Å². The maximum absolute atomic E-state index is 13.2. The minimum atomic E-state index is -4.97. The van der Waals surface area contributed by atoms with E-state index in [1.165, 1.54) is 315 Å². The molecule has 19 heteroatoms. The van der Waals surface area contributed by atoms with Crippen molar-refractivity contribution >= 4 is 39.5 Å². The Balaban J connectivity index is 5.24. The van der Waals surface area contributed by atoms with Crippen LogP contribution < -0.4 is 0 Å². The van der Waals surface area contributed by atoms with Gasteiger partial charge in [0.1, 0.15) is 19.3 Å². The molecule has 0 fully saturated rings. The Bertz CT molecular complexity index is 2170. The van der Waals surface area contributed by atoms with E-state index in [2.05, 4.69) is 48.5 Å². The van der Waals surface area contributed by atoms with Gasteiger partial charge in [0.05, 0.1) is 26.4 Å². The summed E-state index contributed by atoms with van der Waals surface area (Å²) < 4.78 is 69.2. The molecule has 0 heterocycles. The van der Waals surface area contributed by atoms with Crippen molar-refractivity contribution in [2.45, 2.75) is 523 Å². The van der Waals surface area contributed by atoms with Crippen molar-refractivity contribution in [2.75, 3.05) is 39.6 Å². The lowest BCUT2D eigenvalue weighted by Crippen LogP contribution is -2.30. The number of carbonyl (C=O) groups is 4. The molecule has 0 aliphatic carbocycles. The number of phosphoric ester groups is 2. The highest BCUT2D eigenvalue weighted by atomic mass is 31.2. The van der Waals surface area contributed by atoms with Crippen molar-refractivity contribution in [3.05, 3.63) is 0 Å². The molecule has 113 heavy (non-hydrogen) atoms. The van der Waals surface area contributed by atoms with Crippen molar-refractivity contribution in [1.82, 2.24) is 0 Å². The first-order valence-electron chi connectivity index (χ1n) is 48.4. The maximum atomic E-state index is 13.2. The molecule has 0 spiro atoms. The van der Waals surface area contributed by atoms with Gasteiger partial charge in [-0.15, -0.1) is 0 Å². The van der Waals surface area contributed by atoms with E-state index in [-0.39, 0.29) is 25.7 Å². The number of phosphoric acid groups is 2. The highest BCUT2D eigenvalue weighted by molar-refractivity contribution is 7.47. The average molecular weight is 1650 g/mol. The van der Waals surface area contributed by atoms with E-state index in [1.807, 2.05) is 0 Å². The second-order valence-corrected chi connectivity index (χ2v) is 37.9. The van der Waals surface area contributed by atoms with Gasteiger partial charge in [-0.2, -0.15) is 0 Å². The van der Waals surface area contributed by atoms with Crippen LogP contribution in [0.25, 0.3) is 0 Å². The van der Waals surface area contributed by atoms with Gasteiger partial charge in [0, 0.05) is 25.7 Å². The second kappa shape index (κ2) is 83.7. The molecule has 0 aliphatic rings. The van der Waals surface area contributed by atoms with Crippen LogP contribution in [0.3, 0.4) is 0 Å². The van der Waals surface area contributed by atoms with Crippen LogP contribution in [0.15, 0.2) is 0 Å². The average Bonchev–Trinajstić information content (AvgIpc) is 0.899. The first kappa shape index (κ1) is 111. The fraction of sp³-hybridized carbons (Fsp3) is 0.957.